The largest absolute Gasteiger partial charge is 0.393 e. The highest BCUT2D eigenvalue weighted by atomic mass is 19.4. The van der Waals surface area contributed by atoms with Crippen molar-refractivity contribution >= 4 is 0 Å². The number of alkyl halides is 3. The Morgan fingerprint density at radius 3 is 2.52 bits per heavy atom. The van der Waals surface area contributed by atoms with Crippen molar-refractivity contribution in [1.82, 2.24) is 4.90 Å². The smallest absolute Gasteiger partial charge is 0.327 e. The van der Waals surface area contributed by atoms with Crippen molar-refractivity contribution in [1.29, 1.82) is 0 Å². The van der Waals surface area contributed by atoms with Crippen LogP contribution in [-0.4, -0.2) is 36.8 Å². The average Bonchev–Trinajstić information content (AvgIpc) is 2.40. The van der Waals surface area contributed by atoms with E-state index in [0.29, 0.717) is 24.2 Å². The van der Waals surface area contributed by atoms with Gasteiger partial charge >= 0.3 is 6.18 Å². The van der Waals surface area contributed by atoms with E-state index < -0.39 is 12.1 Å². The number of nitrogens with two attached hydrogens (primary N) is 1. The average molecular weight is 306 g/mol. The van der Waals surface area contributed by atoms with Gasteiger partial charge in [0.15, 0.2) is 0 Å². The van der Waals surface area contributed by atoms with Crippen molar-refractivity contribution in [2.24, 2.45) is 29.4 Å². The second-order valence-electron chi connectivity index (χ2n) is 7.38. The molecule has 21 heavy (non-hydrogen) atoms. The SMILES string of the molecule is CC(C)C1CCC(N)C(CN2CCCC(C(F)(F)F)C2)C1. The molecule has 0 aromatic rings. The Morgan fingerprint density at radius 1 is 1.19 bits per heavy atom. The summed E-state index contributed by atoms with van der Waals surface area (Å²) >= 11 is 0. The summed E-state index contributed by atoms with van der Waals surface area (Å²) in [4.78, 5) is 2.01. The molecule has 1 saturated carbocycles. The zero-order chi connectivity index (χ0) is 15.6. The van der Waals surface area contributed by atoms with Crippen LogP contribution < -0.4 is 5.73 Å². The standard InChI is InChI=1S/C16H29F3N2/c1-11(2)12-5-6-15(20)13(8-12)9-21-7-3-4-14(10-21)16(17,18)19/h11-15H,3-10,20H2,1-2H3. The molecule has 0 amide bonds. The van der Waals surface area contributed by atoms with Crippen molar-refractivity contribution in [2.75, 3.05) is 19.6 Å². The predicted molar refractivity (Wildman–Crippen MR) is 78.9 cm³/mol. The fraction of sp³-hybridized carbons (Fsp3) is 1.00. The number of likely N-dealkylation sites (tertiary alicyclic amines) is 1. The summed E-state index contributed by atoms with van der Waals surface area (Å²) in [7, 11) is 0. The third-order valence-electron chi connectivity index (χ3n) is 5.49. The molecule has 124 valence electrons. The molecule has 2 nitrogen and oxygen atoms in total. The van der Waals surface area contributed by atoms with E-state index in [1.807, 2.05) is 4.90 Å². The van der Waals surface area contributed by atoms with Crippen LogP contribution >= 0.6 is 0 Å². The Kier molecular flexibility index (Phi) is 5.58. The van der Waals surface area contributed by atoms with Gasteiger partial charge in [0.05, 0.1) is 5.92 Å². The predicted octanol–water partition coefficient (Wildman–Crippen LogP) is 3.66. The summed E-state index contributed by atoms with van der Waals surface area (Å²) in [5.74, 6) is 0.535. The highest BCUT2D eigenvalue weighted by molar-refractivity contribution is 4.87. The molecule has 2 aliphatic rings. The summed E-state index contributed by atoms with van der Waals surface area (Å²) in [6.45, 7) is 6.18. The normalized spacial score (nSPS) is 36.1. The van der Waals surface area contributed by atoms with E-state index in [-0.39, 0.29) is 19.0 Å². The minimum atomic E-state index is -4.05. The fourth-order valence-electron chi connectivity index (χ4n) is 3.96. The van der Waals surface area contributed by atoms with E-state index >= 15 is 0 Å². The molecular weight excluding hydrogens is 277 g/mol. The lowest BCUT2D eigenvalue weighted by Crippen LogP contribution is -2.48. The second kappa shape index (κ2) is 6.86. The van der Waals surface area contributed by atoms with Crippen LogP contribution in [0.25, 0.3) is 0 Å². The Balaban J connectivity index is 1.90. The van der Waals surface area contributed by atoms with Crippen LogP contribution in [-0.2, 0) is 0 Å². The van der Waals surface area contributed by atoms with E-state index in [0.717, 1.165) is 25.9 Å². The van der Waals surface area contributed by atoms with Gasteiger partial charge in [0.25, 0.3) is 0 Å². The monoisotopic (exact) mass is 306 g/mol. The fourth-order valence-corrected chi connectivity index (χ4v) is 3.96. The molecule has 1 saturated heterocycles. The highest BCUT2D eigenvalue weighted by Gasteiger charge is 2.42. The molecule has 1 heterocycles. The molecule has 0 bridgehead atoms. The zero-order valence-electron chi connectivity index (χ0n) is 13.2. The van der Waals surface area contributed by atoms with E-state index in [1.165, 1.54) is 6.42 Å². The molecule has 4 unspecified atom stereocenters. The molecule has 1 aliphatic carbocycles. The molecule has 2 fully saturated rings. The third-order valence-corrected chi connectivity index (χ3v) is 5.49. The van der Waals surface area contributed by atoms with Crippen molar-refractivity contribution in [3.8, 4) is 0 Å². The van der Waals surface area contributed by atoms with Gasteiger partial charge in [-0.05, 0) is 56.4 Å². The third kappa shape index (κ3) is 4.59. The van der Waals surface area contributed by atoms with Crippen molar-refractivity contribution in [3.05, 3.63) is 0 Å². The van der Waals surface area contributed by atoms with Crippen molar-refractivity contribution in [2.45, 2.75) is 58.2 Å². The molecule has 2 rings (SSSR count). The van der Waals surface area contributed by atoms with Gasteiger partial charge in [0, 0.05) is 19.1 Å². The topological polar surface area (TPSA) is 29.3 Å². The van der Waals surface area contributed by atoms with Crippen LogP contribution in [0.15, 0.2) is 0 Å². The Labute approximate surface area is 126 Å². The maximum atomic E-state index is 12.9. The Morgan fingerprint density at radius 2 is 1.90 bits per heavy atom. The minimum absolute atomic E-state index is 0.159. The van der Waals surface area contributed by atoms with Crippen LogP contribution in [0, 0.1) is 23.7 Å². The van der Waals surface area contributed by atoms with E-state index in [2.05, 4.69) is 13.8 Å². The summed E-state index contributed by atoms with van der Waals surface area (Å²) < 4.78 is 38.7. The van der Waals surface area contributed by atoms with E-state index in [9.17, 15) is 13.2 Å². The number of hydrogen-bond acceptors (Lipinski definition) is 2. The van der Waals surface area contributed by atoms with Crippen molar-refractivity contribution < 1.29 is 13.2 Å². The lowest BCUT2D eigenvalue weighted by Gasteiger charge is -2.41. The Hall–Kier alpha value is -0.290. The van der Waals surface area contributed by atoms with Crippen molar-refractivity contribution in [3.63, 3.8) is 0 Å². The Bertz CT molecular complexity index is 330. The zero-order valence-corrected chi connectivity index (χ0v) is 13.2. The molecule has 2 N–H and O–H groups in total. The lowest BCUT2D eigenvalue weighted by atomic mass is 9.73. The van der Waals surface area contributed by atoms with Gasteiger partial charge in [0.2, 0.25) is 0 Å². The van der Waals surface area contributed by atoms with Gasteiger partial charge < -0.3 is 10.6 Å². The number of piperidine rings is 1. The molecule has 4 atom stereocenters. The van der Waals surface area contributed by atoms with Gasteiger partial charge in [0.1, 0.15) is 0 Å². The molecule has 0 spiro atoms. The van der Waals surface area contributed by atoms with Crippen LogP contribution in [0.5, 0.6) is 0 Å². The molecular formula is C16H29F3N2. The molecule has 5 heteroatoms. The first-order valence-corrected chi connectivity index (χ1v) is 8.32. The summed E-state index contributed by atoms with van der Waals surface area (Å²) in [5, 5.41) is 0. The molecule has 0 aromatic heterocycles. The van der Waals surface area contributed by atoms with Gasteiger partial charge in [-0.15, -0.1) is 0 Å². The summed E-state index contributed by atoms with van der Waals surface area (Å²) in [5.41, 5.74) is 6.23. The van der Waals surface area contributed by atoms with E-state index in [1.54, 1.807) is 0 Å². The molecule has 1 aliphatic heterocycles. The molecule has 0 aromatic carbocycles. The quantitative estimate of drug-likeness (QED) is 0.862. The number of rotatable bonds is 3. The van der Waals surface area contributed by atoms with Gasteiger partial charge in [-0.2, -0.15) is 13.2 Å². The van der Waals surface area contributed by atoms with E-state index in [4.69, 9.17) is 5.73 Å². The lowest BCUT2D eigenvalue weighted by molar-refractivity contribution is -0.187. The maximum Gasteiger partial charge on any atom is 0.393 e. The summed E-state index contributed by atoms with van der Waals surface area (Å²) in [6.07, 6.45) is 0.148. The maximum absolute atomic E-state index is 12.9. The molecule has 0 radical (unpaired) electrons. The summed E-state index contributed by atoms with van der Waals surface area (Å²) in [6, 6.07) is 0.159. The van der Waals surface area contributed by atoms with Gasteiger partial charge in [-0.25, -0.2) is 0 Å². The number of halogens is 3. The van der Waals surface area contributed by atoms with Gasteiger partial charge in [-0.1, -0.05) is 13.8 Å². The van der Waals surface area contributed by atoms with Crippen LogP contribution in [0.2, 0.25) is 0 Å². The second-order valence-corrected chi connectivity index (χ2v) is 7.38. The first-order valence-electron chi connectivity index (χ1n) is 8.32. The number of hydrogen-bond donors (Lipinski definition) is 1. The first-order chi connectivity index (χ1) is 9.77. The van der Waals surface area contributed by atoms with Crippen LogP contribution in [0.3, 0.4) is 0 Å². The minimum Gasteiger partial charge on any atom is -0.327 e. The van der Waals surface area contributed by atoms with Gasteiger partial charge in [-0.3, -0.25) is 0 Å². The highest BCUT2D eigenvalue weighted by Crippen LogP contribution is 2.36. The number of nitrogens with zero attached hydrogens (tertiary/aromatic N) is 1. The van der Waals surface area contributed by atoms with Crippen LogP contribution in [0.1, 0.15) is 46.0 Å². The first kappa shape index (κ1) is 17.1. The van der Waals surface area contributed by atoms with Crippen LogP contribution in [0.4, 0.5) is 13.2 Å².